The van der Waals surface area contributed by atoms with Gasteiger partial charge in [0, 0.05) is 12.0 Å². The van der Waals surface area contributed by atoms with Crippen molar-refractivity contribution < 1.29 is 19.1 Å². The fourth-order valence-electron chi connectivity index (χ4n) is 5.02. The van der Waals surface area contributed by atoms with Gasteiger partial charge in [0.05, 0.1) is 25.8 Å². The molecule has 142 valence electrons. The van der Waals surface area contributed by atoms with Crippen molar-refractivity contribution in [3.63, 3.8) is 0 Å². The lowest BCUT2D eigenvalue weighted by Gasteiger charge is -2.33. The van der Waals surface area contributed by atoms with Crippen molar-refractivity contribution in [2.75, 3.05) is 6.54 Å². The van der Waals surface area contributed by atoms with E-state index in [4.69, 9.17) is 4.74 Å². The molecule has 2 aliphatic carbocycles. The van der Waals surface area contributed by atoms with Crippen LogP contribution in [0.2, 0.25) is 0 Å². The number of carbonyl (C=O) groups is 3. The molecular formula is C20H23N3O4. The van der Waals surface area contributed by atoms with Gasteiger partial charge in [-0.25, -0.2) is 14.8 Å². The molecule has 7 heteroatoms. The van der Waals surface area contributed by atoms with Crippen LogP contribution in [0.25, 0.3) is 0 Å². The van der Waals surface area contributed by atoms with Gasteiger partial charge >= 0.3 is 6.03 Å². The fraction of sp³-hybridized carbons (Fsp3) is 0.550. The van der Waals surface area contributed by atoms with Crippen molar-refractivity contribution in [2.24, 2.45) is 11.8 Å². The van der Waals surface area contributed by atoms with E-state index >= 15 is 0 Å². The Morgan fingerprint density at radius 3 is 2.74 bits per heavy atom. The van der Waals surface area contributed by atoms with Crippen LogP contribution in [0.1, 0.15) is 53.6 Å². The number of imide groups is 1. The summed E-state index contributed by atoms with van der Waals surface area (Å²) in [5.74, 6) is 1.08. The summed E-state index contributed by atoms with van der Waals surface area (Å²) in [5.41, 5.74) is 2.58. The maximum Gasteiger partial charge on any atom is 0.342 e. The van der Waals surface area contributed by atoms with Crippen LogP contribution < -0.4 is 5.32 Å². The normalized spacial score (nSPS) is 29.5. The Morgan fingerprint density at radius 2 is 2.00 bits per heavy atom. The molecule has 3 atom stereocenters. The summed E-state index contributed by atoms with van der Waals surface area (Å²) in [6, 6.07) is 5.23. The molecule has 4 amide bonds. The van der Waals surface area contributed by atoms with Gasteiger partial charge in [-0.2, -0.15) is 0 Å². The predicted octanol–water partition coefficient (Wildman–Crippen LogP) is 2.20. The Bertz CT molecular complexity index is 823. The molecule has 0 spiro atoms. The van der Waals surface area contributed by atoms with Crippen LogP contribution in [0.15, 0.2) is 18.2 Å². The maximum atomic E-state index is 12.7. The van der Waals surface area contributed by atoms with E-state index in [1.54, 1.807) is 0 Å². The number of amides is 4. The molecule has 1 N–H and O–H groups in total. The summed E-state index contributed by atoms with van der Waals surface area (Å²) in [7, 11) is 0. The monoisotopic (exact) mass is 369 g/mol. The summed E-state index contributed by atoms with van der Waals surface area (Å²) in [5, 5.41) is 5.02. The van der Waals surface area contributed by atoms with Gasteiger partial charge in [-0.15, -0.1) is 0 Å². The first-order valence-corrected chi connectivity index (χ1v) is 9.75. The second-order valence-corrected chi connectivity index (χ2v) is 8.11. The van der Waals surface area contributed by atoms with E-state index < -0.39 is 6.03 Å². The number of benzene rings is 1. The molecule has 27 heavy (non-hydrogen) atoms. The van der Waals surface area contributed by atoms with Gasteiger partial charge in [0.2, 0.25) is 5.91 Å². The van der Waals surface area contributed by atoms with Crippen molar-refractivity contribution in [1.82, 2.24) is 15.3 Å². The molecule has 1 aromatic rings. The molecule has 0 aromatic heterocycles. The third kappa shape index (κ3) is 2.90. The number of fused-ring (bicyclic) bond motifs is 3. The summed E-state index contributed by atoms with van der Waals surface area (Å²) >= 11 is 0. The van der Waals surface area contributed by atoms with E-state index in [2.05, 4.69) is 5.32 Å². The highest BCUT2D eigenvalue weighted by molar-refractivity contribution is 6.01. The van der Waals surface area contributed by atoms with Gasteiger partial charge < -0.3 is 4.74 Å². The lowest BCUT2D eigenvalue weighted by atomic mass is 9.97. The highest BCUT2D eigenvalue weighted by atomic mass is 16.5. The first kappa shape index (κ1) is 16.7. The number of hydrogen-bond donors (Lipinski definition) is 1. The number of urea groups is 1. The average molecular weight is 369 g/mol. The quantitative estimate of drug-likeness (QED) is 0.883. The Balaban J connectivity index is 1.26. The van der Waals surface area contributed by atoms with Crippen molar-refractivity contribution in [2.45, 2.75) is 51.4 Å². The molecule has 7 nitrogen and oxygen atoms in total. The van der Waals surface area contributed by atoms with Gasteiger partial charge in [-0.05, 0) is 54.7 Å². The third-order valence-electron chi connectivity index (χ3n) is 6.41. The van der Waals surface area contributed by atoms with Crippen molar-refractivity contribution in [3.05, 3.63) is 34.9 Å². The number of rotatable bonds is 4. The number of hydrogen-bond acceptors (Lipinski definition) is 4. The lowest BCUT2D eigenvalue weighted by molar-refractivity contribution is -0.123. The van der Waals surface area contributed by atoms with Crippen LogP contribution in [0.3, 0.4) is 0 Å². The van der Waals surface area contributed by atoms with E-state index in [1.807, 2.05) is 18.2 Å². The van der Waals surface area contributed by atoms with E-state index in [-0.39, 0.29) is 24.8 Å². The Labute approximate surface area is 157 Å². The topological polar surface area (TPSA) is 79.0 Å². The van der Waals surface area contributed by atoms with Crippen LogP contribution in [-0.2, 0) is 22.7 Å². The second-order valence-electron chi connectivity index (χ2n) is 8.11. The SMILES string of the molecule is O=C1CCN(N2Cc3cc(COC4C[C@H]5CC[C@@H]4C5)ccc3C2=O)C(=O)N1. The first-order chi connectivity index (χ1) is 13.1. The first-order valence-electron chi connectivity index (χ1n) is 9.75. The smallest absolute Gasteiger partial charge is 0.342 e. The summed E-state index contributed by atoms with van der Waals surface area (Å²) < 4.78 is 6.17. The molecule has 2 aliphatic heterocycles. The maximum absolute atomic E-state index is 12.7. The molecule has 0 radical (unpaired) electrons. The molecule has 3 fully saturated rings. The van der Waals surface area contributed by atoms with Crippen LogP contribution in [0.5, 0.6) is 0 Å². The Morgan fingerprint density at radius 1 is 1.11 bits per heavy atom. The number of carbonyl (C=O) groups excluding carboxylic acids is 3. The Hall–Kier alpha value is -2.41. The molecule has 5 rings (SSSR count). The second kappa shape index (κ2) is 6.34. The minimum absolute atomic E-state index is 0.199. The van der Waals surface area contributed by atoms with Crippen LogP contribution in [0.4, 0.5) is 4.79 Å². The van der Waals surface area contributed by atoms with Crippen LogP contribution in [0, 0.1) is 11.8 Å². The number of hydrazine groups is 1. The van der Waals surface area contributed by atoms with E-state index in [0.29, 0.717) is 24.8 Å². The van der Waals surface area contributed by atoms with Crippen molar-refractivity contribution in [1.29, 1.82) is 0 Å². The molecule has 4 aliphatic rings. The summed E-state index contributed by atoms with van der Waals surface area (Å²) in [4.78, 5) is 36.1. The molecule has 1 unspecified atom stereocenters. The van der Waals surface area contributed by atoms with Gasteiger partial charge in [-0.3, -0.25) is 14.9 Å². The van der Waals surface area contributed by atoms with Crippen molar-refractivity contribution >= 4 is 17.8 Å². The molecular weight excluding hydrogens is 346 g/mol. The van der Waals surface area contributed by atoms with Crippen LogP contribution >= 0.6 is 0 Å². The van der Waals surface area contributed by atoms with Crippen molar-refractivity contribution in [3.8, 4) is 0 Å². The summed E-state index contributed by atoms with van der Waals surface area (Å²) in [6.07, 6.45) is 5.74. The highest BCUT2D eigenvalue weighted by Crippen LogP contribution is 2.46. The zero-order chi connectivity index (χ0) is 18.5. The van der Waals surface area contributed by atoms with Gasteiger partial charge in [0.15, 0.2) is 0 Å². The molecule has 2 bridgehead atoms. The highest BCUT2D eigenvalue weighted by Gasteiger charge is 2.40. The summed E-state index contributed by atoms with van der Waals surface area (Å²) in [6.45, 7) is 1.14. The fourth-order valence-corrected chi connectivity index (χ4v) is 5.02. The van der Waals surface area contributed by atoms with E-state index in [0.717, 1.165) is 23.0 Å². The molecule has 1 aromatic carbocycles. The number of nitrogens with one attached hydrogen (secondary N) is 1. The van der Waals surface area contributed by atoms with Gasteiger partial charge in [-0.1, -0.05) is 12.1 Å². The van der Waals surface area contributed by atoms with Gasteiger partial charge in [0.25, 0.3) is 5.91 Å². The minimum atomic E-state index is -0.535. The zero-order valence-corrected chi connectivity index (χ0v) is 15.1. The lowest BCUT2D eigenvalue weighted by Crippen LogP contribution is -2.56. The predicted molar refractivity (Wildman–Crippen MR) is 95.2 cm³/mol. The Kier molecular flexibility index (Phi) is 3.93. The third-order valence-corrected chi connectivity index (χ3v) is 6.41. The molecule has 1 saturated heterocycles. The minimum Gasteiger partial charge on any atom is -0.373 e. The number of nitrogens with zero attached hydrogens (tertiary/aromatic N) is 2. The van der Waals surface area contributed by atoms with Gasteiger partial charge in [0.1, 0.15) is 0 Å². The molecule has 2 saturated carbocycles. The number of ether oxygens (including phenoxy) is 1. The van der Waals surface area contributed by atoms with E-state index in [1.165, 1.54) is 35.7 Å². The van der Waals surface area contributed by atoms with Crippen LogP contribution in [-0.4, -0.2) is 40.5 Å². The van der Waals surface area contributed by atoms with E-state index in [9.17, 15) is 14.4 Å². The largest absolute Gasteiger partial charge is 0.373 e. The zero-order valence-electron chi connectivity index (χ0n) is 15.1. The average Bonchev–Trinajstić information content (AvgIpc) is 3.35. The molecule has 2 heterocycles. The standard InChI is InChI=1S/C20H23N3O4/c24-18-5-6-22(20(26)21-18)23-10-15-8-13(2-4-16(15)19(23)25)11-27-17-9-12-1-3-14(17)7-12/h2,4,8,12,14,17H,1,3,5-7,9-11H2,(H,21,24,26)/t12-,14+,17?/m0/s1.